The van der Waals surface area contributed by atoms with E-state index >= 15 is 0 Å². The van der Waals surface area contributed by atoms with Crippen LogP contribution in [0.5, 0.6) is 0 Å². The second-order valence-electron chi connectivity index (χ2n) is 7.74. The van der Waals surface area contributed by atoms with Crippen molar-refractivity contribution >= 4 is 45.8 Å². The number of hydrogen-bond acceptors (Lipinski definition) is 3. The minimum atomic E-state index is -0.301. The monoisotopic (exact) mass is 455 g/mol. The molecule has 4 aromatic rings. The Morgan fingerprint density at radius 3 is 2.68 bits per heavy atom. The zero-order valence-electron chi connectivity index (χ0n) is 17.1. The molecule has 1 aliphatic heterocycles. The summed E-state index contributed by atoms with van der Waals surface area (Å²) in [7, 11) is 0. The summed E-state index contributed by atoms with van der Waals surface area (Å²) in [6.07, 6.45) is 2.66. The predicted molar refractivity (Wildman–Crippen MR) is 122 cm³/mol. The van der Waals surface area contributed by atoms with Gasteiger partial charge in [-0.2, -0.15) is 5.10 Å². The van der Waals surface area contributed by atoms with Crippen LogP contribution in [0.2, 0.25) is 10.0 Å². The first-order chi connectivity index (χ1) is 15.0. The summed E-state index contributed by atoms with van der Waals surface area (Å²) in [6.45, 7) is 4.88. The Hall–Kier alpha value is -2.70. The van der Waals surface area contributed by atoms with Crippen LogP contribution in [0, 0.1) is 5.82 Å². The molecule has 0 fully saturated rings. The number of rotatable bonds is 4. The molecule has 0 spiro atoms. The van der Waals surface area contributed by atoms with E-state index in [1.165, 1.54) is 12.1 Å². The van der Waals surface area contributed by atoms with Gasteiger partial charge >= 0.3 is 0 Å². The molecule has 2 unspecified atom stereocenters. The zero-order chi connectivity index (χ0) is 21.7. The third kappa shape index (κ3) is 3.34. The van der Waals surface area contributed by atoms with Crippen molar-refractivity contribution in [3.8, 4) is 0 Å². The molecule has 0 saturated heterocycles. The number of imidazole rings is 1. The molecule has 31 heavy (non-hydrogen) atoms. The fourth-order valence-corrected chi connectivity index (χ4v) is 4.71. The molecular formula is C23H20Cl2FN5. The first-order valence-corrected chi connectivity index (χ1v) is 10.9. The fourth-order valence-electron chi connectivity index (χ4n) is 4.41. The second-order valence-corrected chi connectivity index (χ2v) is 8.55. The van der Waals surface area contributed by atoms with Gasteiger partial charge < -0.3 is 4.57 Å². The summed E-state index contributed by atoms with van der Waals surface area (Å²) in [4.78, 5) is 9.68. The highest BCUT2D eigenvalue weighted by Gasteiger charge is 2.37. The SMILES string of the molecule is CCCn1c(C2C(C)=Nc3ccnn3C2c2ccc(Cl)c(Cl)c2)nc2cc(F)ccc21. The normalized spacial score (nSPS) is 18.3. The van der Waals surface area contributed by atoms with Crippen LogP contribution in [0.25, 0.3) is 11.0 Å². The quantitative estimate of drug-likeness (QED) is 0.349. The van der Waals surface area contributed by atoms with E-state index in [2.05, 4.69) is 16.6 Å². The third-order valence-corrected chi connectivity index (χ3v) is 6.46. The maximum Gasteiger partial charge on any atom is 0.150 e. The highest BCUT2D eigenvalue weighted by Crippen LogP contribution is 2.43. The van der Waals surface area contributed by atoms with E-state index in [-0.39, 0.29) is 17.8 Å². The van der Waals surface area contributed by atoms with Crippen LogP contribution in [-0.4, -0.2) is 25.0 Å². The number of aryl methyl sites for hydroxylation is 1. The van der Waals surface area contributed by atoms with Crippen molar-refractivity contribution in [3.05, 3.63) is 75.9 Å². The Balaban J connectivity index is 1.76. The molecule has 3 heterocycles. The Morgan fingerprint density at radius 1 is 1.06 bits per heavy atom. The highest BCUT2D eigenvalue weighted by atomic mass is 35.5. The standard InChI is InChI=1S/C23H20Cl2FN5/c1-3-10-30-19-7-5-15(26)12-18(19)29-23(30)21-13(2)28-20-8-9-27-31(20)22(21)14-4-6-16(24)17(25)11-14/h4-9,11-12,21-22H,3,10H2,1-2H3. The van der Waals surface area contributed by atoms with Gasteiger partial charge in [-0.05, 0) is 43.2 Å². The van der Waals surface area contributed by atoms with Gasteiger partial charge in [-0.15, -0.1) is 0 Å². The summed E-state index contributed by atoms with van der Waals surface area (Å²) in [5, 5.41) is 5.54. The molecule has 2 atom stereocenters. The Kier molecular flexibility index (Phi) is 5.07. The van der Waals surface area contributed by atoms with Crippen molar-refractivity contribution in [3.63, 3.8) is 0 Å². The van der Waals surface area contributed by atoms with E-state index in [0.29, 0.717) is 15.6 Å². The molecule has 0 aliphatic carbocycles. The smallest absolute Gasteiger partial charge is 0.150 e. The van der Waals surface area contributed by atoms with Crippen LogP contribution in [0.4, 0.5) is 10.2 Å². The van der Waals surface area contributed by atoms with Crippen molar-refractivity contribution in [2.75, 3.05) is 0 Å². The van der Waals surface area contributed by atoms with Crippen molar-refractivity contribution in [1.29, 1.82) is 0 Å². The topological polar surface area (TPSA) is 48.0 Å². The average molecular weight is 456 g/mol. The molecule has 5 nitrogen and oxygen atoms in total. The maximum absolute atomic E-state index is 13.9. The largest absolute Gasteiger partial charge is 0.327 e. The van der Waals surface area contributed by atoms with E-state index in [9.17, 15) is 4.39 Å². The van der Waals surface area contributed by atoms with Crippen LogP contribution < -0.4 is 0 Å². The molecule has 0 radical (unpaired) electrons. The van der Waals surface area contributed by atoms with Gasteiger partial charge in [-0.25, -0.2) is 19.0 Å². The Labute approximate surface area is 189 Å². The molecule has 0 amide bonds. The molecule has 1 aliphatic rings. The van der Waals surface area contributed by atoms with Gasteiger partial charge in [0.15, 0.2) is 5.82 Å². The van der Waals surface area contributed by atoms with Crippen molar-refractivity contribution < 1.29 is 4.39 Å². The molecule has 5 rings (SSSR count). The lowest BCUT2D eigenvalue weighted by Gasteiger charge is -2.32. The number of nitrogens with zero attached hydrogens (tertiary/aromatic N) is 5. The van der Waals surface area contributed by atoms with Crippen molar-refractivity contribution in [1.82, 2.24) is 19.3 Å². The third-order valence-electron chi connectivity index (χ3n) is 5.72. The number of halogens is 3. The Bertz CT molecular complexity index is 1320. The summed E-state index contributed by atoms with van der Waals surface area (Å²) < 4.78 is 18.0. The summed E-state index contributed by atoms with van der Waals surface area (Å²) in [5.74, 6) is 1.10. The summed E-state index contributed by atoms with van der Waals surface area (Å²) in [5.41, 5.74) is 3.41. The lowest BCUT2D eigenvalue weighted by molar-refractivity contribution is 0.463. The molecule has 0 saturated carbocycles. The molecular weight excluding hydrogens is 436 g/mol. The second kappa shape index (κ2) is 7.77. The van der Waals surface area contributed by atoms with Gasteiger partial charge in [0.2, 0.25) is 0 Å². The number of fused-ring (bicyclic) bond motifs is 2. The molecule has 158 valence electrons. The van der Waals surface area contributed by atoms with Gasteiger partial charge in [0.05, 0.1) is 39.2 Å². The van der Waals surface area contributed by atoms with Crippen molar-refractivity contribution in [2.24, 2.45) is 4.99 Å². The molecule has 8 heteroatoms. The summed E-state index contributed by atoms with van der Waals surface area (Å²) in [6, 6.07) is 12.0. The summed E-state index contributed by atoms with van der Waals surface area (Å²) >= 11 is 12.6. The number of aliphatic imine (C=N–C) groups is 1. The van der Waals surface area contributed by atoms with Gasteiger partial charge in [0.25, 0.3) is 0 Å². The Morgan fingerprint density at radius 2 is 1.90 bits per heavy atom. The van der Waals surface area contributed by atoms with E-state index < -0.39 is 0 Å². The molecule has 2 aromatic carbocycles. The van der Waals surface area contributed by atoms with E-state index in [4.69, 9.17) is 33.2 Å². The maximum atomic E-state index is 13.9. The number of benzene rings is 2. The minimum Gasteiger partial charge on any atom is -0.327 e. The minimum absolute atomic E-state index is 0.202. The zero-order valence-corrected chi connectivity index (χ0v) is 18.6. The van der Waals surface area contributed by atoms with Gasteiger partial charge in [-0.1, -0.05) is 36.2 Å². The molecule has 2 aromatic heterocycles. The van der Waals surface area contributed by atoms with Gasteiger partial charge in [0, 0.05) is 24.4 Å². The van der Waals surface area contributed by atoms with Crippen LogP contribution in [-0.2, 0) is 6.54 Å². The number of hydrogen-bond donors (Lipinski definition) is 0. The van der Waals surface area contributed by atoms with Crippen LogP contribution in [0.1, 0.15) is 43.6 Å². The van der Waals surface area contributed by atoms with Crippen LogP contribution in [0.3, 0.4) is 0 Å². The van der Waals surface area contributed by atoms with Crippen LogP contribution >= 0.6 is 23.2 Å². The fraction of sp³-hybridized carbons (Fsp3) is 0.261. The lowest BCUT2D eigenvalue weighted by atomic mass is 9.87. The number of aromatic nitrogens is 4. The van der Waals surface area contributed by atoms with E-state index in [1.807, 2.05) is 29.8 Å². The van der Waals surface area contributed by atoms with Crippen molar-refractivity contribution in [2.45, 2.75) is 38.8 Å². The predicted octanol–water partition coefficient (Wildman–Crippen LogP) is 6.57. The van der Waals surface area contributed by atoms with E-state index in [0.717, 1.165) is 41.4 Å². The van der Waals surface area contributed by atoms with E-state index in [1.54, 1.807) is 18.3 Å². The van der Waals surface area contributed by atoms with Gasteiger partial charge in [0.1, 0.15) is 11.6 Å². The van der Waals surface area contributed by atoms with Gasteiger partial charge in [-0.3, -0.25) is 0 Å². The highest BCUT2D eigenvalue weighted by molar-refractivity contribution is 6.42. The average Bonchev–Trinajstić information content (AvgIpc) is 3.33. The van der Waals surface area contributed by atoms with Crippen LogP contribution in [0.15, 0.2) is 53.7 Å². The lowest BCUT2D eigenvalue weighted by Crippen LogP contribution is -2.30. The first-order valence-electron chi connectivity index (χ1n) is 10.2. The molecule has 0 bridgehead atoms. The molecule has 0 N–H and O–H groups in total. The first kappa shape index (κ1) is 20.2.